The van der Waals surface area contributed by atoms with Crippen molar-refractivity contribution in [1.29, 1.82) is 5.26 Å². The number of aryl methyl sites for hydroxylation is 3. The monoisotopic (exact) mass is 580 g/mol. The van der Waals surface area contributed by atoms with Crippen molar-refractivity contribution in [3.63, 3.8) is 0 Å². The molecule has 0 aliphatic carbocycles. The largest absolute Gasteiger partial charge is 0.464 e. The number of rotatable bonds is 13. The number of carbonyl (C=O) groups excluding carboxylic acids is 1. The van der Waals surface area contributed by atoms with E-state index in [1.807, 2.05) is 17.8 Å². The predicted molar refractivity (Wildman–Crippen MR) is 161 cm³/mol. The average molecular weight is 581 g/mol. The van der Waals surface area contributed by atoms with Crippen molar-refractivity contribution in [2.75, 3.05) is 65.0 Å². The Bertz CT molecular complexity index is 1170. The van der Waals surface area contributed by atoms with Crippen molar-refractivity contribution < 1.29 is 24.1 Å². The molecule has 2 fully saturated rings. The van der Waals surface area contributed by atoms with E-state index in [4.69, 9.17) is 14.2 Å². The van der Waals surface area contributed by atoms with Gasteiger partial charge in [-0.2, -0.15) is 5.26 Å². The maximum Gasteiger partial charge on any atom is 0.306 e. The van der Waals surface area contributed by atoms with Gasteiger partial charge in [-0.3, -0.25) is 9.69 Å². The van der Waals surface area contributed by atoms with Gasteiger partial charge < -0.3 is 19.3 Å². The fourth-order valence-corrected chi connectivity index (χ4v) is 7.15. The highest BCUT2D eigenvalue weighted by Gasteiger charge is 2.26. The minimum atomic E-state index is -0.219. The Morgan fingerprint density at radius 2 is 1.88 bits per heavy atom. The highest BCUT2D eigenvalue weighted by Crippen LogP contribution is 2.33. The molecule has 7 nitrogen and oxygen atoms in total. The van der Waals surface area contributed by atoms with Gasteiger partial charge in [0.1, 0.15) is 6.61 Å². The lowest BCUT2D eigenvalue weighted by Gasteiger charge is -2.32. The van der Waals surface area contributed by atoms with Gasteiger partial charge in [-0.1, -0.05) is 12.1 Å². The predicted octanol–water partition coefficient (Wildman–Crippen LogP) is 4.51. The van der Waals surface area contributed by atoms with Crippen molar-refractivity contribution in [2.45, 2.75) is 50.8 Å². The Balaban J connectivity index is 1.31. The van der Waals surface area contributed by atoms with Crippen LogP contribution in [0.15, 0.2) is 35.2 Å². The molecule has 2 aliphatic rings. The van der Waals surface area contributed by atoms with Gasteiger partial charge in [0.05, 0.1) is 31.5 Å². The summed E-state index contributed by atoms with van der Waals surface area (Å²) in [6.07, 6.45) is 3.43. The number of esters is 1. The third-order valence-corrected chi connectivity index (χ3v) is 9.45. The van der Waals surface area contributed by atoms with Gasteiger partial charge in [0, 0.05) is 49.9 Å². The molecule has 0 spiro atoms. The standard InChI is InChI=1S/C33H44N2O5S/c1-24-17-31(18-25(2)32(24)7-12-36)41-23-30-22-39-13-8-28(30)20-26-3-4-29(21-34)27(19-26)5-6-33(37)40-16-11-35-9-14-38-15-10-35/h3-4,17-19,28,30,36H,5-16,20,22-23H2,1-2H3/t28-,30-/m1/s1. The van der Waals surface area contributed by atoms with Crippen LogP contribution in [0, 0.1) is 37.0 Å². The molecule has 2 atom stereocenters. The summed E-state index contributed by atoms with van der Waals surface area (Å²) in [5.74, 6) is 1.71. The summed E-state index contributed by atoms with van der Waals surface area (Å²) < 4.78 is 16.7. The first-order valence-electron chi connectivity index (χ1n) is 14.9. The lowest BCUT2D eigenvalue weighted by Crippen LogP contribution is -2.38. The summed E-state index contributed by atoms with van der Waals surface area (Å²) in [7, 11) is 0. The Hall–Kier alpha value is -2.41. The first-order chi connectivity index (χ1) is 20.0. The minimum absolute atomic E-state index is 0.172. The smallest absolute Gasteiger partial charge is 0.306 e. The number of aliphatic hydroxyl groups is 1. The number of benzene rings is 2. The lowest BCUT2D eigenvalue weighted by molar-refractivity contribution is -0.144. The van der Waals surface area contributed by atoms with Crippen LogP contribution in [0.1, 0.15) is 46.2 Å². The van der Waals surface area contributed by atoms with Gasteiger partial charge in [0.2, 0.25) is 0 Å². The number of aliphatic hydroxyl groups excluding tert-OH is 1. The van der Waals surface area contributed by atoms with Crippen LogP contribution >= 0.6 is 11.8 Å². The molecule has 2 saturated heterocycles. The number of ether oxygens (including phenoxy) is 3. The van der Waals surface area contributed by atoms with Crippen molar-refractivity contribution >= 4 is 17.7 Å². The van der Waals surface area contributed by atoms with Crippen molar-refractivity contribution in [3.05, 3.63) is 63.7 Å². The fourth-order valence-electron chi connectivity index (χ4n) is 5.86. The van der Waals surface area contributed by atoms with E-state index in [0.29, 0.717) is 36.8 Å². The minimum Gasteiger partial charge on any atom is -0.464 e. The van der Waals surface area contributed by atoms with E-state index in [9.17, 15) is 15.2 Å². The second-order valence-corrected chi connectivity index (χ2v) is 12.3. The summed E-state index contributed by atoms with van der Waals surface area (Å²) in [6, 6.07) is 12.9. The van der Waals surface area contributed by atoms with E-state index in [-0.39, 0.29) is 19.0 Å². The quantitative estimate of drug-likeness (QED) is 0.274. The maximum absolute atomic E-state index is 12.4. The molecule has 0 aromatic heterocycles. The van der Waals surface area contributed by atoms with E-state index in [2.05, 4.69) is 49.1 Å². The van der Waals surface area contributed by atoms with Crippen LogP contribution in [0.25, 0.3) is 0 Å². The van der Waals surface area contributed by atoms with Crippen LogP contribution in [-0.4, -0.2) is 81.0 Å². The Labute approximate surface area is 249 Å². The van der Waals surface area contributed by atoms with Gasteiger partial charge >= 0.3 is 5.97 Å². The highest BCUT2D eigenvalue weighted by atomic mass is 32.2. The van der Waals surface area contributed by atoms with Crippen LogP contribution in [0.2, 0.25) is 0 Å². The molecule has 0 radical (unpaired) electrons. The highest BCUT2D eigenvalue weighted by molar-refractivity contribution is 7.99. The SMILES string of the molecule is Cc1cc(SC[C@H]2COCC[C@@H]2Cc2ccc(C#N)c(CCC(=O)OCCN3CCOCC3)c2)cc(C)c1CCO. The fraction of sp³-hybridized carbons (Fsp3) is 0.576. The number of carbonyl (C=O) groups is 1. The van der Waals surface area contributed by atoms with E-state index in [1.165, 1.54) is 27.1 Å². The molecule has 2 heterocycles. The van der Waals surface area contributed by atoms with Crippen LogP contribution in [-0.2, 0) is 38.3 Å². The molecular formula is C33H44N2O5S. The molecule has 0 unspecified atom stereocenters. The maximum atomic E-state index is 12.4. The number of hydrogen-bond acceptors (Lipinski definition) is 8. The van der Waals surface area contributed by atoms with Crippen LogP contribution < -0.4 is 0 Å². The van der Waals surface area contributed by atoms with Crippen molar-refractivity contribution in [2.24, 2.45) is 11.8 Å². The zero-order valence-electron chi connectivity index (χ0n) is 24.5. The zero-order chi connectivity index (χ0) is 29.0. The molecule has 0 saturated carbocycles. The molecule has 222 valence electrons. The third kappa shape index (κ3) is 9.56. The molecule has 1 N–H and O–H groups in total. The van der Waals surface area contributed by atoms with E-state index in [1.54, 1.807) is 0 Å². The van der Waals surface area contributed by atoms with Gasteiger partial charge in [-0.05, 0) is 97.4 Å². The average Bonchev–Trinajstić information content (AvgIpc) is 2.98. The summed E-state index contributed by atoms with van der Waals surface area (Å²) >= 11 is 1.89. The topological polar surface area (TPSA) is 92.0 Å². The van der Waals surface area contributed by atoms with E-state index < -0.39 is 0 Å². The molecule has 0 bridgehead atoms. The number of nitrogens with zero attached hydrogens (tertiary/aromatic N) is 2. The van der Waals surface area contributed by atoms with E-state index >= 15 is 0 Å². The molecule has 0 amide bonds. The first kappa shape index (κ1) is 31.5. The molecular weight excluding hydrogens is 536 g/mol. The zero-order valence-corrected chi connectivity index (χ0v) is 25.3. The number of thioether (sulfide) groups is 1. The number of morpholine rings is 1. The van der Waals surface area contributed by atoms with Crippen LogP contribution in [0.5, 0.6) is 0 Å². The number of hydrogen-bond donors (Lipinski definition) is 1. The second kappa shape index (κ2) is 16.3. The second-order valence-electron chi connectivity index (χ2n) is 11.2. The molecule has 4 rings (SSSR count). The summed E-state index contributed by atoms with van der Waals surface area (Å²) in [6.45, 7) is 10.3. The van der Waals surface area contributed by atoms with E-state index in [0.717, 1.165) is 70.2 Å². The van der Waals surface area contributed by atoms with Gasteiger partial charge in [0.25, 0.3) is 0 Å². The lowest BCUT2D eigenvalue weighted by atomic mass is 9.84. The first-order valence-corrected chi connectivity index (χ1v) is 15.8. The van der Waals surface area contributed by atoms with Gasteiger partial charge in [-0.15, -0.1) is 11.8 Å². The molecule has 2 aliphatic heterocycles. The van der Waals surface area contributed by atoms with Crippen LogP contribution in [0.4, 0.5) is 0 Å². The summed E-state index contributed by atoms with van der Waals surface area (Å²) in [5.41, 5.74) is 6.48. The molecule has 41 heavy (non-hydrogen) atoms. The van der Waals surface area contributed by atoms with Crippen LogP contribution in [0.3, 0.4) is 0 Å². The summed E-state index contributed by atoms with van der Waals surface area (Å²) in [5, 5.41) is 19.0. The third-order valence-electron chi connectivity index (χ3n) is 8.29. The Morgan fingerprint density at radius 1 is 1.10 bits per heavy atom. The van der Waals surface area contributed by atoms with Gasteiger partial charge in [-0.25, -0.2) is 0 Å². The molecule has 8 heteroatoms. The normalized spacial score (nSPS) is 19.6. The van der Waals surface area contributed by atoms with Crippen molar-refractivity contribution in [3.8, 4) is 6.07 Å². The number of nitriles is 1. The summed E-state index contributed by atoms with van der Waals surface area (Å²) in [4.78, 5) is 15.9. The van der Waals surface area contributed by atoms with Crippen molar-refractivity contribution in [1.82, 2.24) is 4.90 Å². The Kier molecular flexibility index (Phi) is 12.5. The molecule has 2 aromatic carbocycles. The van der Waals surface area contributed by atoms with Gasteiger partial charge in [0.15, 0.2) is 0 Å². The molecule has 2 aromatic rings. The Morgan fingerprint density at radius 3 is 2.61 bits per heavy atom.